The Labute approximate surface area is 114 Å². The van der Waals surface area contributed by atoms with E-state index >= 15 is 0 Å². The Bertz CT molecular complexity index is 532. The molecule has 2 aliphatic carbocycles. The average Bonchev–Trinajstić information content (AvgIpc) is 3.03. The van der Waals surface area contributed by atoms with Gasteiger partial charge in [0.05, 0.1) is 6.20 Å². The van der Waals surface area contributed by atoms with Crippen LogP contribution in [0, 0.1) is 6.07 Å². The van der Waals surface area contributed by atoms with E-state index in [0.717, 1.165) is 17.5 Å². The molecule has 0 amide bonds. The maximum Gasteiger partial charge on any atom is 0.0531 e. The van der Waals surface area contributed by atoms with Crippen LogP contribution in [-0.2, 0) is 20.1 Å². The average molecular weight is 401 g/mol. The number of aromatic nitrogens is 2. The van der Waals surface area contributed by atoms with Crippen molar-refractivity contribution in [2.45, 2.75) is 31.1 Å². The maximum atomic E-state index is 4.53. The van der Waals surface area contributed by atoms with Crippen LogP contribution < -0.4 is 0 Å². The number of rotatable bonds is 1. The maximum absolute atomic E-state index is 4.53. The summed E-state index contributed by atoms with van der Waals surface area (Å²) >= 11 is 0. The van der Waals surface area contributed by atoms with Crippen molar-refractivity contribution in [1.82, 2.24) is 9.78 Å². The smallest absolute Gasteiger partial charge is 0.0531 e. The van der Waals surface area contributed by atoms with E-state index in [1.54, 1.807) is 0 Å². The third kappa shape index (κ3) is 1.53. The van der Waals surface area contributed by atoms with Gasteiger partial charge in [-0.25, -0.2) is 0 Å². The predicted octanol–water partition coefficient (Wildman–Crippen LogP) is 3.03. The molecular weight excluding hydrogens is 388 g/mol. The fourth-order valence-corrected chi connectivity index (χ4v) is 3.31. The van der Waals surface area contributed by atoms with E-state index < -0.39 is 0 Å². The van der Waals surface area contributed by atoms with Crippen LogP contribution in [-0.4, -0.2) is 9.78 Å². The first-order valence-electron chi connectivity index (χ1n) is 5.98. The minimum absolute atomic E-state index is 0. The summed E-state index contributed by atoms with van der Waals surface area (Å²) in [5.74, 6) is 1.54. The Kier molecular flexibility index (Phi) is 2.68. The predicted molar refractivity (Wildman–Crippen MR) is 61.7 cm³/mol. The monoisotopic (exact) mass is 402 g/mol. The molecule has 1 saturated carbocycles. The van der Waals surface area contributed by atoms with E-state index in [9.17, 15) is 0 Å². The first-order chi connectivity index (χ1) is 7.93. The van der Waals surface area contributed by atoms with Crippen LogP contribution in [0.25, 0.3) is 5.69 Å². The van der Waals surface area contributed by atoms with Crippen LogP contribution in [0.1, 0.15) is 42.4 Å². The van der Waals surface area contributed by atoms with Gasteiger partial charge in [-0.1, -0.05) is 0 Å². The second-order valence-corrected chi connectivity index (χ2v) is 4.85. The molecule has 89 valence electrons. The second kappa shape index (κ2) is 4.08. The third-order valence-corrected chi connectivity index (χ3v) is 4.02. The molecule has 1 radical (unpaired) electrons. The molecule has 0 spiro atoms. The summed E-state index contributed by atoms with van der Waals surface area (Å²) in [4.78, 5) is 0. The van der Waals surface area contributed by atoms with Crippen LogP contribution in [0.15, 0.2) is 30.5 Å². The van der Waals surface area contributed by atoms with Gasteiger partial charge in [-0.2, -0.15) is 29.4 Å². The summed E-state index contributed by atoms with van der Waals surface area (Å²) in [5, 5.41) is 4.53. The first kappa shape index (κ1) is 11.2. The van der Waals surface area contributed by atoms with Gasteiger partial charge in [0.1, 0.15) is 0 Å². The number of hydrogen-bond donors (Lipinski definition) is 0. The van der Waals surface area contributed by atoms with Crippen molar-refractivity contribution in [3.8, 4) is 5.69 Å². The van der Waals surface area contributed by atoms with Crippen LogP contribution in [0.5, 0.6) is 0 Å². The summed E-state index contributed by atoms with van der Waals surface area (Å²) in [7, 11) is 0. The molecule has 1 fully saturated rings. The molecule has 2 atom stereocenters. The van der Waals surface area contributed by atoms with Gasteiger partial charge in [-0.05, 0) is 36.4 Å². The van der Waals surface area contributed by atoms with Crippen LogP contribution >= 0.6 is 0 Å². The quantitative estimate of drug-likeness (QED) is 0.672. The topological polar surface area (TPSA) is 17.8 Å². The molecule has 1 heterocycles. The summed E-state index contributed by atoms with van der Waals surface area (Å²) < 4.78 is 2.10. The number of hydrogen-bond acceptors (Lipinski definition) is 1. The minimum Gasteiger partial charge on any atom is -0.262 e. The number of nitrogens with zero attached hydrogens (tertiary/aromatic N) is 2. The Balaban J connectivity index is 0.000000902. The van der Waals surface area contributed by atoms with Gasteiger partial charge in [0.25, 0.3) is 0 Å². The molecule has 2 unspecified atom stereocenters. The van der Waals surface area contributed by atoms with E-state index in [1.807, 2.05) is 18.2 Å². The Morgan fingerprint density at radius 2 is 2.12 bits per heavy atom. The van der Waals surface area contributed by atoms with Gasteiger partial charge >= 0.3 is 0 Å². The van der Waals surface area contributed by atoms with Crippen LogP contribution in [0.3, 0.4) is 0 Å². The van der Waals surface area contributed by atoms with Crippen molar-refractivity contribution in [2.24, 2.45) is 0 Å². The minimum atomic E-state index is 0. The third-order valence-electron chi connectivity index (χ3n) is 4.02. The van der Waals surface area contributed by atoms with E-state index in [1.165, 1.54) is 30.5 Å². The molecule has 17 heavy (non-hydrogen) atoms. The summed E-state index contributed by atoms with van der Waals surface area (Å²) in [6, 6.07) is 11.3. The standard InChI is InChI=1S/C14H13N2.Ir/c1-2-4-12(5-3-1)16-14-11-7-6-10(8-11)13(14)9-15-16;/h1-4,9-11H,6-8H2;/q-1;. The van der Waals surface area contributed by atoms with Crippen molar-refractivity contribution in [3.63, 3.8) is 0 Å². The Hall–Kier alpha value is -0.921. The molecule has 0 aliphatic heterocycles. The summed E-state index contributed by atoms with van der Waals surface area (Å²) in [6.45, 7) is 0. The SMILES string of the molecule is [Ir].[c-]1ccccc1-n1ncc2c1C1CCC2C1. The Morgan fingerprint density at radius 1 is 1.24 bits per heavy atom. The molecule has 1 aromatic heterocycles. The van der Waals surface area contributed by atoms with Gasteiger partial charge in [-0.15, -0.1) is 6.07 Å². The normalized spacial score (nSPS) is 24.5. The van der Waals surface area contributed by atoms with Gasteiger partial charge < -0.3 is 0 Å². The van der Waals surface area contributed by atoms with Gasteiger partial charge in [0.2, 0.25) is 0 Å². The van der Waals surface area contributed by atoms with Crippen molar-refractivity contribution in [3.05, 3.63) is 47.8 Å². The largest absolute Gasteiger partial charge is 0.262 e. The fraction of sp³-hybridized carbons (Fsp3) is 0.357. The van der Waals surface area contributed by atoms with Gasteiger partial charge in [0, 0.05) is 31.7 Å². The second-order valence-electron chi connectivity index (χ2n) is 4.85. The molecule has 0 saturated heterocycles. The molecule has 2 aromatic rings. The summed E-state index contributed by atoms with van der Waals surface area (Å²) in [6.07, 6.45) is 6.12. The van der Waals surface area contributed by atoms with E-state index in [0.29, 0.717) is 0 Å². The zero-order chi connectivity index (χ0) is 10.5. The van der Waals surface area contributed by atoms with Gasteiger partial charge in [-0.3, -0.25) is 4.68 Å². The van der Waals surface area contributed by atoms with Gasteiger partial charge in [0.15, 0.2) is 0 Å². The summed E-state index contributed by atoms with van der Waals surface area (Å²) in [5.41, 5.74) is 4.03. The molecular formula is C14H13IrN2-. The fourth-order valence-electron chi connectivity index (χ4n) is 3.31. The van der Waals surface area contributed by atoms with Crippen molar-refractivity contribution in [1.29, 1.82) is 0 Å². The van der Waals surface area contributed by atoms with Crippen LogP contribution in [0.4, 0.5) is 0 Å². The molecule has 4 rings (SSSR count). The number of fused-ring (bicyclic) bond motifs is 5. The zero-order valence-corrected chi connectivity index (χ0v) is 11.8. The Morgan fingerprint density at radius 3 is 2.94 bits per heavy atom. The van der Waals surface area contributed by atoms with Crippen molar-refractivity contribution >= 4 is 0 Å². The van der Waals surface area contributed by atoms with Crippen molar-refractivity contribution < 1.29 is 20.1 Å². The first-order valence-corrected chi connectivity index (χ1v) is 5.98. The zero-order valence-electron chi connectivity index (χ0n) is 9.39. The molecule has 2 aliphatic rings. The molecule has 1 aromatic carbocycles. The van der Waals surface area contributed by atoms with E-state index in [-0.39, 0.29) is 20.1 Å². The molecule has 0 N–H and O–H groups in total. The van der Waals surface area contributed by atoms with E-state index in [4.69, 9.17) is 0 Å². The van der Waals surface area contributed by atoms with Crippen molar-refractivity contribution in [2.75, 3.05) is 0 Å². The van der Waals surface area contributed by atoms with Crippen LogP contribution in [0.2, 0.25) is 0 Å². The number of benzene rings is 1. The van der Waals surface area contributed by atoms with E-state index in [2.05, 4.69) is 28.1 Å². The molecule has 2 bridgehead atoms. The molecule has 2 nitrogen and oxygen atoms in total. The number of para-hydroxylation sites is 1. The molecule has 3 heteroatoms.